The summed E-state index contributed by atoms with van der Waals surface area (Å²) in [4.78, 5) is 9.47. The van der Waals surface area contributed by atoms with E-state index in [9.17, 15) is 5.11 Å². The topological polar surface area (TPSA) is 59.2 Å². The number of phenols is 1. The molecule has 0 amide bonds. The van der Waals surface area contributed by atoms with E-state index in [1.165, 1.54) is 16.7 Å². The number of hydrogen-bond donors (Lipinski definition) is 1. The quantitative estimate of drug-likeness (QED) is 0.174. The molecule has 0 aliphatic carbocycles. The van der Waals surface area contributed by atoms with Crippen LogP contribution < -0.4 is 0 Å². The molecule has 0 unspecified atom stereocenters. The van der Waals surface area contributed by atoms with Crippen LogP contribution in [0.2, 0.25) is 0 Å². The Morgan fingerprint density at radius 3 is 2.05 bits per heavy atom. The molecule has 6 rings (SSSR count). The summed E-state index contributed by atoms with van der Waals surface area (Å²) in [5.74, 6) is 1.35. The van der Waals surface area contributed by atoms with Gasteiger partial charge in [-0.1, -0.05) is 99.0 Å². The molecule has 0 saturated carbocycles. The number of para-hydroxylation sites is 2. The maximum Gasteiger partial charge on any atom is 0.230 e. The number of pyridine rings is 1. The van der Waals surface area contributed by atoms with Crippen molar-refractivity contribution in [1.82, 2.24) is 9.97 Å². The zero-order valence-electron chi connectivity index (χ0n) is 23.5. The molecule has 5 heteroatoms. The number of rotatable bonds is 6. The zero-order valence-corrected chi connectivity index (χ0v) is 25.7. The Morgan fingerprint density at radius 1 is 0.707 bits per heavy atom. The van der Waals surface area contributed by atoms with Crippen molar-refractivity contribution in [2.45, 2.75) is 39.5 Å². The number of benzene rings is 4. The van der Waals surface area contributed by atoms with Crippen molar-refractivity contribution in [2.24, 2.45) is 0 Å². The predicted molar refractivity (Wildman–Crippen MR) is 162 cm³/mol. The van der Waals surface area contributed by atoms with Crippen LogP contribution in [-0.4, -0.2) is 15.1 Å². The van der Waals surface area contributed by atoms with Crippen molar-refractivity contribution in [1.29, 1.82) is 0 Å². The van der Waals surface area contributed by atoms with Crippen molar-refractivity contribution in [3.8, 4) is 50.7 Å². The number of aromatic hydroxyl groups is 1. The van der Waals surface area contributed by atoms with Crippen LogP contribution in [0.15, 0.2) is 102 Å². The van der Waals surface area contributed by atoms with Crippen LogP contribution in [0.4, 0.5) is 0 Å². The summed E-state index contributed by atoms with van der Waals surface area (Å²) < 4.78 is 6.11. The van der Waals surface area contributed by atoms with E-state index in [1.807, 2.05) is 48.7 Å². The van der Waals surface area contributed by atoms with Gasteiger partial charge < -0.3 is 9.52 Å². The van der Waals surface area contributed by atoms with Crippen LogP contribution in [0, 0.1) is 6.07 Å². The van der Waals surface area contributed by atoms with Crippen LogP contribution in [0.3, 0.4) is 0 Å². The number of aromatic nitrogens is 2. The first-order valence-corrected chi connectivity index (χ1v) is 13.7. The average Bonchev–Trinajstić information content (AvgIpc) is 3.41. The molecular formula is C36H31N2O2Pt-. The van der Waals surface area contributed by atoms with Crippen molar-refractivity contribution in [3.05, 3.63) is 114 Å². The number of nitrogens with zero attached hydrogens (tertiary/aromatic N) is 2. The smallest absolute Gasteiger partial charge is 0.230 e. The van der Waals surface area contributed by atoms with E-state index in [4.69, 9.17) is 9.40 Å². The number of oxazole rings is 1. The first-order chi connectivity index (χ1) is 19.4. The summed E-state index contributed by atoms with van der Waals surface area (Å²) in [7, 11) is 0. The first-order valence-electron chi connectivity index (χ1n) is 13.7. The van der Waals surface area contributed by atoms with Crippen molar-refractivity contribution in [2.75, 3.05) is 0 Å². The summed E-state index contributed by atoms with van der Waals surface area (Å²) in [6.45, 7) is 8.94. The first kappa shape index (κ1) is 28.5. The van der Waals surface area contributed by atoms with Gasteiger partial charge in [0.25, 0.3) is 0 Å². The Balaban J connectivity index is 0.00000337. The van der Waals surface area contributed by atoms with E-state index in [2.05, 4.69) is 69.1 Å². The molecule has 0 radical (unpaired) electrons. The van der Waals surface area contributed by atoms with E-state index < -0.39 is 0 Å². The Morgan fingerprint density at radius 2 is 1.37 bits per heavy atom. The van der Waals surface area contributed by atoms with Gasteiger partial charge >= 0.3 is 0 Å². The van der Waals surface area contributed by atoms with E-state index in [1.54, 1.807) is 18.2 Å². The molecule has 0 atom stereocenters. The fourth-order valence-electron chi connectivity index (χ4n) is 4.99. The summed E-state index contributed by atoms with van der Waals surface area (Å²) >= 11 is 0. The van der Waals surface area contributed by atoms with Gasteiger partial charge in [-0.15, -0.1) is 23.8 Å². The van der Waals surface area contributed by atoms with Gasteiger partial charge in [-0.05, 0) is 52.8 Å². The molecule has 4 aromatic carbocycles. The molecular weight excluding hydrogens is 687 g/mol. The average molecular weight is 719 g/mol. The normalized spacial score (nSPS) is 11.3. The van der Waals surface area contributed by atoms with E-state index >= 15 is 0 Å². The molecule has 0 saturated heterocycles. The fraction of sp³-hybridized carbons (Fsp3) is 0.167. The minimum atomic E-state index is 0. The molecule has 4 nitrogen and oxygen atoms in total. The summed E-state index contributed by atoms with van der Waals surface area (Å²) in [5, 5.41) is 10.4. The van der Waals surface area contributed by atoms with Crippen molar-refractivity contribution in [3.63, 3.8) is 0 Å². The minimum Gasteiger partial charge on any atom is -0.507 e. The largest absolute Gasteiger partial charge is 0.507 e. The molecule has 0 fully saturated rings. The SMILES string of the molecule is CC(C)c1cc(-c2cc(-c3ccccn3)[c-]c(-c3cccc4oc(-c5ccccc5O)nc34)c2)cc(C(C)C)c1.[Pt]. The van der Waals surface area contributed by atoms with E-state index in [0.717, 1.165) is 33.5 Å². The standard InChI is InChI=1S/C36H31N2O2.Pt/c1-22(2)24-16-25(23(3)4)18-26(17-24)27-19-28(21-29(20-27)32-12-7-8-15-37-32)30-11-9-14-34-35(30)38-36(40-34)31-10-5-6-13-33(31)39;/h5-20,22-23,39H,1-4H3;/q-1;. The van der Waals surface area contributed by atoms with Gasteiger partial charge in [0.15, 0.2) is 0 Å². The van der Waals surface area contributed by atoms with Crippen LogP contribution in [-0.2, 0) is 21.1 Å². The fourth-order valence-corrected chi connectivity index (χ4v) is 4.99. The van der Waals surface area contributed by atoms with Crippen molar-refractivity contribution < 1.29 is 30.6 Å². The Labute approximate surface area is 255 Å². The monoisotopic (exact) mass is 718 g/mol. The summed E-state index contributed by atoms with van der Waals surface area (Å²) in [6.07, 6.45) is 1.81. The summed E-state index contributed by atoms with van der Waals surface area (Å²) in [5.41, 5.74) is 10.4. The van der Waals surface area contributed by atoms with Gasteiger partial charge in [0.2, 0.25) is 5.89 Å². The molecule has 41 heavy (non-hydrogen) atoms. The zero-order chi connectivity index (χ0) is 27.8. The number of hydrogen-bond acceptors (Lipinski definition) is 4. The molecule has 0 aliphatic rings. The third-order valence-corrected chi connectivity index (χ3v) is 7.30. The third kappa shape index (κ3) is 5.76. The van der Waals surface area contributed by atoms with Gasteiger partial charge in [0.05, 0.1) is 11.1 Å². The summed E-state index contributed by atoms with van der Waals surface area (Å²) in [6, 6.07) is 33.8. The van der Waals surface area contributed by atoms with Crippen LogP contribution in [0.5, 0.6) is 5.75 Å². The molecule has 2 heterocycles. The van der Waals surface area contributed by atoms with Gasteiger partial charge in [0.1, 0.15) is 11.3 Å². The molecule has 208 valence electrons. The molecule has 0 bridgehead atoms. The third-order valence-electron chi connectivity index (χ3n) is 7.30. The molecule has 2 aromatic heterocycles. The Hall–Kier alpha value is -4.01. The van der Waals surface area contributed by atoms with Crippen LogP contribution in [0.1, 0.15) is 50.7 Å². The number of fused-ring (bicyclic) bond motifs is 1. The van der Waals surface area contributed by atoms with Crippen LogP contribution >= 0.6 is 0 Å². The van der Waals surface area contributed by atoms with Gasteiger partial charge in [-0.3, -0.25) is 4.98 Å². The Bertz CT molecular complexity index is 1800. The van der Waals surface area contributed by atoms with Crippen LogP contribution in [0.25, 0.3) is 56.1 Å². The number of phenolic OH excluding ortho intramolecular Hbond substituents is 1. The molecule has 0 spiro atoms. The second-order valence-corrected chi connectivity index (χ2v) is 10.8. The maximum absolute atomic E-state index is 10.4. The molecule has 6 aromatic rings. The van der Waals surface area contributed by atoms with E-state index in [-0.39, 0.29) is 26.8 Å². The molecule has 1 N–H and O–H groups in total. The van der Waals surface area contributed by atoms with Gasteiger partial charge in [-0.25, -0.2) is 4.98 Å². The van der Waals surface area contributed by atoms with Gasteiger partial charge in [0, 0.05) is 33.0 Å². The minimum absolute atomic E-state index is 0. The Kier molecular flexibility index (Phi) is 8.24. The maximum atomic E-state index is 10.4. The van der Waals surface area contributed by atoms with E-state index in [0.29, 0.717) is 28.9 Å². The predicted octanol–water partition coefficient (Wildman–Crippen LogP) is 9.64. The second-order valence-electron chi connectivity index (χ2n) is 10.8. The van der Waals surface area contributed by atoms with Crippen molar-refractivity contribution >= 4 is 11.1 Å². The second kappa shape index (κ2) is 11.8. The molecule has 0 aliphatic heterocycles. The van der Waals surface area contributed by atoms with Gasteiger partial charge in [-0.2, -0.15) is 0 Å².